The van der Waals surface area contributed by atoms with E-state index in [1.165, 1.54) is 12.1 Å². The van der Waals surface area contributed by atoms with E-state index in [1.54, 1.807) is 12.1 Å². The fraction of sp³-hybridized carbons (Fsp3) is 0.300. The Balaban J connectivity index is 2.35. The van der Waals surface area contributed by atoms with Crippen LogP contribution in [0.25, 0.3) is 0 Å². The van der Waals surface area contributed by atoms with E-state index in [4.69, 9.17) is 16.3 Å². The second-order valence-corrected chi connectivity index (χ2v) is 3.00. The van der Waals surface area contributed by atoms with E-state index in [-0.39, 0.29) is 30.5 Å². The molecule has 4 heteroatoms. The number of benzene rings is 1. The van der Waals surface area contributed by atoms with Gasteiger partial charge in [-0.25, -0.2) is 4.39 Å². The highest BCUT2D eigenvalue weighted by Gasteiger charge is 2.00. The second kappa shape index (κ2) is 5.60. The van der Waals surface area contributed by atoms with Gasteiger partial charge in [-0.1, -0.05) is 6.07 Å². The Hall–Kier alpha value is -1.09. The summed E-state index contributed by atoms with van der Waals surface area (Å²) in [5.41, 5.74) is 0. The summed E-state index contributed by atoms with van der Waals surface area (Å²) in [6.45, 7) is 0.231. The maximum Gasteiger partial charge on any atom is 0.150 e. The average molecular weight is 217 g/mol. The molecule has 0 atom stereocenters. The first kappa shape index (κ1) is 11.0. The molecule has 0 aliphatic heterocycles. The molecule has 0 spiro atoms. The van der Waals surface area contributed by atoms with Crippen molar-refractivity contribution < 1.29 is 13.9 Å². The van der Waals surface area contributed by atoms with E-state index >= 15 is 0 Å². The molecule has 0 N–H and O–H groups in total. The van der Waals surface area contributed by atoms with Crippen LogP contribution in [0.5, 0.6) is 5.75 Å². The largest absolute Gasteiger partial charge is 0.493 e. The van der Waals surface area contributed by atoms with Crippen LogP contribution < -0.4 is 4.74 Å². The third kappa shape index (κ3) is 3.75. The zero-order valence-electron chi connectivity index (χ0n) is 7.50. The summed E-state index contributed by atoms with van der Waals surface area (Å²) in [6.07, 6.45) is 0.250. The fourth-order valence-corrected chi connectivity index (χ4v) is 1.04. The summed E-state index contributed by atoms with van der Waals surface area (Å²) >= 11 is 5.29. The Morgan fingerprint density at radius 2 is 2.29 bits per heavy atom. The predicted octanol–water partition coefficient (Wildman–Crippen LogP) is 2.40. The molecule has 0 saturated heterocycles. The lowest BCUT2D eigenvalue weighted by Gasteiger charge is -2.04. The molecule has 0 aliphatic rings. The highest BCUT2D eigenvalue weighted by Crippen LogP contribution is 2.11. The molecule has 76 valence electrons. The van der Waals surface area contributed by atoms with Gasteiger partial charge >= 0.3 is 0 Å². The summed E-state index contributed by atoms with van der Waals surface area (Å²) in [5.74, 6) is -0.0198. The van der Waals surface area contributed by atoms with Gasteiger partial charge in [-0.05, 0) is 12.1 Å². The van der Waals surface area contributed by atoms with Crippen molar-refractivity contribution in [1.82, 2.24) is 0 Å². The Kier molecular flexibility index (Phi) is 4.40. The number of carbonyl (C=O) groups is 1. The predicted molar refractivity (Wildman–Crippen MR) is 52.2 cm³/mol. The van der Waals surface area contributed by atoms with Gasteiger partial charge in [0.25, 0.3) is 0 Å². The molecular formula is C10H10ClFO2. The maximum absolute atomic E-state index is 12.7. The zero-order chi connectivity index (χ0) is 10.4. The van der Waals surface area contributed by atoms with Crippen molar-refractivity contribution in [1.29, 1.82) is 0 Å². The van der Waals surface area contributed by atoms with Crippen LogP contribution in [-0.4, -0.2) is 18.3 Å². The molecule has 14 heavy (non-hydrogen) atoms. The standard InChI is InChI=1S/C10H10ClFO2/c11-7-9(13)4-5-14-10-3-1-2-8(12)6-10/h1-3,6H,4-5,7H2. The van der Waals surface area contributed by atoms with Crippen LogP contribution in [0, 0.1) is 5.82 Å². The van der Waals surface area contributed by atoms with Gasteiger partial charge in [-0.3, -0.25) is 4.79 Å². The van der Waals surface area contributed by atoms with E-state index in [9.17, 15) is 9.18 Å². The van der Waals surface area contributed by atoms with Crippen LogP contribution in [0.3, 0.4) is 0 Å². The number of carbonyl (C=O) groups excluding carboxylic acids is 1. The summed E-state index contributed by atoms with van der Waals surface area (Å²) in [4.78, 5) is 10.8. The van der Waals surface area contributed by atoms with Gasteiger partial charge in [0.05, 0.1) is 12.5 Å². The van der Waals surface area contributed by atoms with Gasteiger partial charge < -0.3 is 4.74 Å². The molecule has 1 rings (SSSR count). The Bertz CT molecular complexity index is 315. The summed E-state index contributed by atoms with van der Waals surface area (Å²) in [6, 6.07) is 5.78. The lowest BCUT2D eigenvalue weighted by Crippen LogP contribution is -2.07. The minimum Gasteiger partial charge on any atom is -0.493 e. The lowest BCUT2D eigenvalue weighted by molar-refractivity contribution is -0.117. The molecule has 0 radical (unpaired) electrons. The molecular weight excluding hydrogens is 207 g/mol. The number of hydrogen-bond acceptors (Lipinski definition) is 2. The van der Waals surface area contributed by atoms with Crippen molar-refractivity contribution in [3.8, 4) is 5.75 Å². The van der Waals surface area contributed by atoms with Crippen molar-refractivity contribution in [3.05, 3.63) is 30.1 Å². The zero-order valence-corrected chi connectivity index (χ0v) is 8.26. The average Bonchev–Trinajstić information content (AvgIpc) is 2.17. The maximum atomic E-state index is 12.7. The van der Waals surface area contributed by atoms with Crippen LogP contribution in [0.15, 0.2) is 24.3 Å². The van der Waals surface area contributed by atoms with Crippen LogP contribution in [0.2, 0.25) is 0 Å². The number of Topliss-reactive ketones (excluding diaryl/α,β-unsaturated/α-hetero) is 1. The summed E-state index contributed by atoms with van der Waals surface area (Å²) < 4.78 is 17.8. The van der Waals surface area contributed by atoms with Gasteiger partial charge in [-0.15, -0.1) is 11.6 Å². The van der Waals surface area contributed by atoms with E-state index < -0.39 is 0 Å². The molecule has 0 saturated carbocycles. The number of hydrogen-bond donors (Lipinski definition) is 0. The molecule has 0 heterocycles. The van der Waals surface area contributed by atoms with Crippen molar-refractivity contribution in [2.24, 2.45) is 0 Å². The minimum absolute atomic E-state index is 0.00743. The summed E-state index contributed by atoms with van der Waals surface area (Å²) in [7, 11) is 0. The highest BCUT2D eigenvalue weighted by molar-refractivity contribution is 6.27. The molecule has 2 nitrogen and oxygen atoms in total. The number of halogens is 2. The number of ether oxygens (including phenoxy) is 1. The molecule has 0 fully saturated rings. The normalized spacial score (nSPS) is 9.86. The Labute approximate surface area is 86.6 Å². The van der Waals surface area contributed by atoms with Crippen LogP contribution >= 0.6 is 11.6 Å². The molecule has 0 aliphatic carbocycles. The first-order valence-electron chi connectivity index (χ1n) is 4.18. The molecule has 0 bridgehead atoms. The monoisotopic (exact) mass is 216 g/mol. The van der Waals surface area contributed by atoms with Crippen molar-refractivity contribution in [2.45, 2.75) is 6.42 Å². The lowest BCUT2D eigenvalue weighted by atomic mass is 10.3. The smallest absolute Gasteiger partial charge is 0.150 e. The van der Waals surface area contributed by atoms with Crippen molar-refractivity contribution in [2.75, 3.05) is 12.5 Å². The van der Waals surface area contributed by atoms with Gasteiger partial charge in [0.2, 0.25) is 0 Å². The topological polar surface area (TPSA) is 26.3 Å². The quantitative estimate of drug-likeness (QED) is 0.707. The van der Waals surface area contributed by atoms with E-state index in [1.807, 2.05) is 0 Å². The number of ketones is 1. The van der Waals surface area contributed by atoms with E-state index in [0.717, 1.165) is 0 Å². The molecule has 0 aromatic heterocycles. The first-order valence-corrected chi connectivity index (χ1v) is 4.72. The number of alkyl halides is 1. The summed E-state index contributed by atoms with van der Waals surface area (Å²) in [5, 5.41) is 0. The Morgan fingerprint density at radius 3 is 2.93 bits per heavy atom. The van der Waals surface area contributed by atoms with E-state index in [2.05, 4.69) is 0 Å². The highest BCUT2D eigenvalue weighted by atomic mass is 35.5. The minimum atomic E-state index is -0.355. The number of rotatable bonds is 5. The molecule has 1 aromatic rings. The van der Waals surface area contributed by atoms with Gasteiger partial charge in [-0.2, -0.15) is 0 Å². The second-order valence-electron chi connectivity index (χ2n) is 2.73. The third-order valence-corrected chi connectivity index (χ3v) is 1.89. The van der Waals surface area contributed by atoms with Gasteiger partial charge in [0.15, 0.2) is 5.78 Å². The third-order valence-electron chi connectivity index (χ3n) is 1.59. The molecule has 0 unspecified atom stereocenters. The Morgan fingerprint density at radius 1 is 1.50 bits per heavy atom. The molecule has 0 amide bonds. The van der Waals surface area contributed by atoms with Crippen LogP contribution in [-0.2, 0) is 4.79 Å². The van der Waals surface area contributed by atoms with E-state index in [0.29, 0.717) is 5.75 Å². The van der Waals surface area contributed by atoms with Gasteiger partial charge in [0, 0.05) is 12.5 Å². The first-order chi connectivity index (χ1) is 6.72. The fourth-order valence-electron chi connectivity index (χ4n) is 0.906. The van der Waals surface area contributed by atoms with Crippen molar-refractivity contribution >= 4 is 17.4 Å². The van der Waals surface area contributed by atoms with Crippen molar-refractivity contribution in [3.63, 3.8) is 0 Å². The SMILES string of the molecule is O=C(CCl)CCOc1cccc(F)c1. The van der Waals surface area contributed by atoms with Crippen LogP contribution in [0.4, 0.5) is 4.39 Å². The molecule has 1 aromatic carbocycles. The van der Waals surface area contributed by atoms with Crippen LogP contribution in [0.1, 0.15) is 6.42 Å². The van der Waals surface area contributed by atoms with Gasteiger partial charge in [0.1, 0.15) is 11.6 Å².